The van der Waals surface area contributed by atoms with Crippen molar-refractivity contribution in [1.29, 1.82) is 0 Å². The number of carbonyl (C=O) groups is 3. The highest BCUT2D eigenvalue weighted by Gasteiger charge is 2.60. The molecule has 6 nitrogen and oxygen atoms in total. The number of hydrazine groups is 1. The third-order valence-electron chi connectivity index (χ3n) is 6.73. The second-order valence-electron chi connectivity index (χ2n) is 8.95. The second-order valence-corrected chi connectivity index (χ2v) is 8.95. The fourth-order valence-electron chi connectivity index (χ4n) is 4.68. The Bertz CT molecular complexity index is 1300. The zero-order valence-corrected chi connectivity index (χ0v) is 19.1. The molecule has 0 aromatic heterocycles. The summed E-state index contributed by atoms with van der Waals surface area (Å²) in [5.74, 6) is -2.50. The lowest BCUT2D eigenvalue weighted by Crippen LogP contribution is -2.48. The van der Waals surface area contributed by atoms with Crippen molar-refractivity contribution in [2.45, 2.75) is 32.9 Å². The molecule has 3 atom stereocenters. The van der Waals surface area contributed by atoms with Crippen molar-refractivity contribution in [3.05, 3.63) is 100 Å². The van der Waals surface area contributed by atoms with E-state index < -0.39 is 35.6 Å². The molecular weight excluding hydrogens is 433 g/mol. The second kappa shape index (κ2) is 8.18. The summed E-state index contributed by atoms with van der Waals surface area (Å²) in [5, 5.41) is 1.27. The molecule has 172 valence electrons. The maximum absolute atomic E-state index is 13.6. The molecule has 0 bridgehead atoms. The van der Waals surface area contributed by atoms with Crippen molar-refractivity contribution in [3.8, 4) is 0 Å². The van der Waals surface area contributed by atoms with Crippen molar-refractivity contribution >= 4 is 23.4 Å². The van der Waals surface area contributed by atoms with Gasteiger partial charge in [0.05, 0.1) is 17.6 Å². The molecule has 34 heavy (non-hydrogen) atoms. The summed E-state index contributed by atoms with van der Waals surface area (Å²) in [7, 11) is 0. The number of nitrogens with one attached hydrogen (secondary N) is 1. The van der Waals surface area contributed by atoms with Crippen molar-refractivity contribution in [3.63, 3.8) is 0 Å². The topological polar surface area (TPSA) is 69.7 Å². The first kappa shape index (κ1) is 22.0. The molecule has 0 saturated carbocycles. The molecule has 3 aromatic carbocycles. The lowest BCUT2D eigenvalue weighted by molar-refractivity contribution is -0.123. The van der Waals surface area contributed by atoms with Crippen LogP contribution in [0, 0.1) is 32.5 Å². The first-order valence-electron chi connectivity index (χ1n) is 11.1. The van der Waals surface area contributed by atoms with Gasteiger partial charge in [-0.2, -0.15) is 0 Å². The van der Waals surface area contributed by atoms with Gasteiger partial charge in [0.1, 0.15) is 11.9 Å². The van der Waals surface area contributed by atoms with E-state index in [-0.39, 0.29) is 5.91 Å². The molecule has 3 amide bonds. The Balaban J connectivity index is 1.58. The number of halogens is 1. The van der Waals surface area contributed by atoms with Gasteiger partial charge in [0.25, 0.3) is 11.8 Å². The van der Waals surface area contributed by atoms with E-state index in [2.05, 4.69) is 5.43 Å². The van der Waals surface area contributed by atoms with E-state index in [1.165, 1.54) is 22.0 Å². The van der Waals surface area contributed by atoms with Gasteiger partial charge in [-0.15, -0.1) is 0 Å². The average molecular weight is 458 g/mol. The maximum atomic E-state index is 13.6. The highest BCUT2D eigenvalue weighted by molar-refractivity contribution is 6.25. The summed E-state index contributed by atoms with van der Waals surface area (Å²) < 4.78 is 13.6. The Morgan fingerprint density at radius 2 is 1.53 bits per heavy atom. The van der Waals surface area contributed by atoms with Crippen molar-refractivity contribution < 1.29 is 18.8 Å². The number of aryl methyl sites for hydroxylation is 3. The molecule has 0 radical (unpaired) electrons. The predicted octanol–water partition coefficient (Wildman–Crippen LogP) is 4.01. The molecule has 2 saturated heterocycles. The first-order valence-corrected chi connectivity index (χ1v) is 11.1. The van der Waals surface area contributed by atoms with Crippen LogP contribution in [0.3, 0.4) is 0 Å². The van der Waals surface area contributed by atoms with E-state index in [9.17, 15) is 18.8 Å². The summed E-state index contributed by atoms with van der Waals surface area (Å²) in [4.78, 5) is 41.9. The number of carbonyl (C=O) groups excluding carboxylic acids is 3. The number of benzene rings is 3. The van der Waals surface area contributed by atoms with Gasteiger partial charge in [-0.25, -0.2) is 14.7 Å². The lowest BCUT2D eigenvalue weighted by Gasteiger charge is -2.25. The smallest absolute Gasteiger partial charge is 0.268 e. The van der Waals surface area contributed by atoms with Gasteiger partial charge >= 0.3 is 0 Å². The maximum Gasteiger partial charge on any atom is 0.268 e. The highest BCUT2D eigenvalue weighted by atomic mass is 19.1. The van der Waals surface area contributed by atoms with Crippen LogP contribution in [0.25, 0.3) is 0 Å². The zero-order valence-electron chi connectivity index (χ0n) is 19.1. The third-order valence-corrected chi connectivity index (χ3v) is 6.73. The van der Waals surface area contributed by atoms with Gasteiger partial charge in [-0.1, -0.05) is 35.9 Å². The molecule has 3 aromatic rings. The van der Waals surface area contributed by atoms with Gasteiger partial charge < -0.3 is 0 Å². The molecular formula is C27H24FN3O3. The van der Waals surface area contributed by atoms with Crippen molar-refractivity contribution in [2.75, 3.05) is 4.90 Å². The fourth-order valence-corrected chi connectivity index (χ4v) is 4.68. The summed E-state index contributed by atoms with van der Waals surface area (Å²) in [6, 6.07) is 16.5. The molecule has 2 aliphatic rings. The monoisotopic (exact) mass is 457 g/mol. The summed E-state index contributed by atoms with van der Waals surface area (Å²) in [6.45, 7) is 5.79. The van der Waals surface area contributed by atoms with Crippen LogP contribution >= 0.6 is 0 Å². The Morgan fingerprint density at radius 1 is 0.853 bits per heavy atom. The van der Waals surface area contributed by atoms with Gasteiger partial charge in [-0.05, 0) is 73.9 Å². The number of anilines is 1. The Morgan fingerprint density at radius 3 is 2.18 bits per heavy atom. The van der Waals surface area contributed by atoms with E-state index in [1.807, 2.05) is 39.0 Å². The van der Waals surface area contributed by atoms with E-state index in [0.717, 1.165) is 16.7 Å². The van der Waals surface area contributed by atoms with E-state index >= 15 is 0 Å². The lowest BCUT2D eigenvalue weighted by atomic mass is 9.91. The minimum Gasteiger partial charge on any atom is -0.274 e. The summed E-state index contributed by atoms with van der Waals surface area (Å²) in [6.07, 6.45) is 0. The zero-order chi connectivity index (χ0) is 24.1. The standard InChI is InChI=1S/C27H24FN3O3/c1-15-4-7-19(8-5-15)25(32)31-24-22(23(29-31)18-9-11-20(28)12-10-18)26(33)30(27(24)34)21-13-6-16(2)17(3)14-21/h4-14,22-24,29H,1-3H3/t22-,23+,24+/m0/s1. The molecule has 7 heteroatoms. The van der Waals surface area contributed by atoms with Crippen LogP contribution in [0.5, 0.6) is 0 Å². The number of fused-ring (bicyclic) bond motifs is 1. The van der Waals surface area contributed by atoms with E-state index in [1.54, 1.807) is 36.4 Å². The van der Waals surface area contributed by atoms with E-state index in [0.29, 0.717) is 16.8 Å². The Labute approximate surface area is 197 Å². The largest absolute Gasteiger partial charge is 0.274 e. The fraction of sp³-hybridized carbons (Fsp3) is 0.222. The van der Waals surface area contributed by atoms with Crippen LogP contribution in [-0.4, -0.2) is 28.8 Å². The molecule has 2 aliphatic heterocycles. The van der Waals surface area contributed by atoms with Gasteiger partial charge in [0.15, 0.2) is 0 Å². The summed E-state index contributed by atoms with van der Waals surface area (Å²) in [5.41, 5.74) is 7.60. The molecule has 0 aliphatic carbocycles. The molecule has 2 fully saturated rings. The van der Waals surface area contributed by atoms with Crippen LogP contribution < -0.4 is 10.3 Å². The van der Waals surface area contributed by atoms with Crippen LogP contribution in [-0.2, 0) is 9.59 Å². The van der Waals surface area contributed by atoms with Gasteiger partial charge in [-0.3, -0.25) is 19.4 Å². The third kappa shape index (κ3) is 3.49. The van der Waals surface area contributed by atoms with Gasteiger partial charge in [0.2, 0.25) is 5.91 Å². The molecule has 5 rings (SSSR count). The van der Waals surface area contributed by atoms with Gasteiger partial charge in [0, 0.05) is 5.56 Å². The minimum atomic E-state index is -1.02. The highest BCUT2D eigenvalue weighted by Crippen LogP contribution is 2.42. The molecule has 0 unspecified atom stereocenters. The first-order chi connectivity index (χ1) is 16.3. The normalized spacial score (nSPS) is 21.8. The number of hydrogen-bond donors (Lipinski definition) is 1. The number of imide groups is 1. The SMILES string of the molecule is Cc1ccc(C(=O)N2N[C@H](c3ccc(F)cc3)[C@@H]3C(=O)N(c4ccc(C)c(C)c4)C(=O)[C@@H]32)cc1. The molecule has 0 spiro atoms. The van der Waals surface area contributed by atoms with Crippen LogP contribution in [0.4, 0.5) is 10.1 Å². The van der Waals surface area contributed by atoms with Crippen LogP contribution in [0.2, 0.25) is 0 Å². The summed E-state index contributed by atoms with van der Waals surface area (Å²) >= 11 is 0. The predicted molar refractivity (Wildman–Crippen MR) is 125 cm³/mol. The Kier molecular flexibility index (Phi) is 5.29. The molecule has 1 N–H and O–H groups in total. The average Bonchev–Trinajstić information content (AvgIpc) is 3.33. The number of hydrogen-bond acceptors (Lipinski definition) is 4. The number of rotatable bonds is 3. The number of amides is 3. The van der Waals surface area contributed by atoms with Crippen molar-refractivity contribution in [1.82, 2.24) is 10.4 Å². The van der Waals surface area contributed by atoms with E-state index in [4.69, 9.17) is 0 Å². The number of nitrogens with zero attached hydrogens (tertiary/aromatic N) is 2. The quantitative estimate of drug-likeness (QED) is 0.604. The minimum absolute atomic E-state index is 0.390. The molecule has 2 heterocycles. The van der Waals surface area contributed by atoms with Crippen LogP contribution in [0.1, 0.15) is 38.7 Å². The van der Waals surface area contributed by atoms with Crippen molar-refractivity contribution in [2.24, 2.45) is 5.92 Å². The van der Waals surface area contributed by atoms with Crippen LogP contribution in [0.15, 0.2) is 66.7 Å². The Hall–Kier alpha value is -3.84.